The molecular weight excluding hydrogens is 877 g/mol. The van der Waals surface area contributed by atoms with E-state index in [4.69, 9.17) is 14.2 Å². The quantitative estimate of drug-likeness (QED) is 0.0261. The molecule has 0 fully saturated rings. The van der Waals surface area contributed by atoms with Gasteiger partial charge in [0.2, 0.25) is 0 Å². The number of ether oxygens (including phenoxy) is 3. The van der Waals surface area contributed by atoms with Gasteiger partial charge in [-0.05, 0) is 77.0 Å². The highest BCUT2D eigenvalue weighted by Crippen LogP contribution is 2.17. The van der Waals surface area contributed by atoms with Crippen LogP contribution in [0.2, 0.25) is 0 Å². The molecule has 1 unspecified atom stereocenters. The minimum atomic E-state index is -0.784. The van der Waals surface area contributed by atoms with E-state index in [0.29, 0.717) is 19.3 Å². The molecule has 0 saturated heterocycles. The number of rotatable bonds is 57. The highest BCUT2D eigenvalue weighted by atomic mass is 16.6. The highest BCUT2D eigenvalue weighted by molar-refractivity contribution is 5.71. The molecule has 71 heavy (non-hydrogen) atoms. The molecule has 6 nitrogen and oxygen atoms in total. The van der Waals surface area contributed by atoms with Crippen LogP contribution in [0.25, 0.3) is 0 Å². The summed E-state index contributed by atoms with van der Waals surface area (Å²) in [6, 6.07) is 0. The van der Waals surface area contributed by atoms with E-state index in [1.54, 1.807) is 0 Å². The van der Waals surface area contributed by atoms with Crippen LogP contribution in [0.3, 0.4) is 0 Å². The Bertz CT molecular complexity index is 1230. The van der Waals surface area contributed by atoms with Gasteiger partial charge in [0, 0.05) is 19.3 Å². The number of allylic oxidation sites excluding steroid dienone is 8. The van der Waals surface area contributed by atoms with E-state index in [9.17, 15) is 14.4 Å². The summed E-state index contributed by atoms with van der Waals surface area (Å²) in [5.74, 6) is -0.896. The average Bonchev–Trinajstić information content (AvgIpc) is 3.37. The van der Waals surface area contributed by atoms with Crippen molar-refractivity contribution in [3.05, 3.63) is 48.6 Å². The SMILES string of the molecule is CC/C=C\C/C=C\C/C=C\CCCCCC(=O)OC(COC(=O)CCCCCCCCCCCCC)COC(=O)CCCCCCCCCCCCCCCCCCC/C=C\CCCCCCCCCC. The predicted octanol–water partition coefficient (Wildman–Crippen LogP) is 21.0. The number of carbonyl (C=O) groups excluding carboxylic acids is 3. The van der Waals surface area contributed by atoms with Crippen molar-refractivity contribution in [2.45, 2.75) is 335 Å². The lowest BCUT2D eigenvalue weighted by atomic mass is 10.0. The minimum Gasteiger partial charge on any atom is -0.462 e. The molecule has 0 aromatic heterocycles. The monoisotopic (exact) mass is 995 g/mol. The maximum atomic E-state index is 12.8. The van der Waals surface area contributed by atoms with Crippen molar-refractivity contribution < 1.29 is 28.6 Å². The third-order valence-corrected chi connectivity index (χ3v) is 13.8. The van der Waals surface area contributed by atoms with Gasteiger partial charge in [0.25, 0.3) is 0 Å². The maximum absolute atomic E-state index is 12.8. The van der Waals surface area contributed by atoms with Crippen LogP contribution < -0.4 is 0 Å². The zero-order chi connectivity index (χ0) is 51.4. The van der Waals surface area contributed by atoms with Gasteiger partial charge in [-0.25, -0.2) is 0 Å². The smallest absolute Gasteiger partial charge is 0.306 e. The first-order valence-electron chi connectivity index (χ1n) is 31.1. The van der Waals surface area contributed by atoms with Crippen molar-refractivity contribution in [1.29, 1.82) is 0 Å². The molecule has 0 aliphatic heterocycles. The molecule has 0 bridgehead atoms. The Balaban J connectivity index is 4.11. The van der Waals surface area contributed by atoms with Gasteiger partial charge < -0.3 is 14.2 Å². The number of unbranched alkanes of at least 4 members (excludes halogenated alkanes) is 38. The average molecular weight is 996 g/mol. The van der Waals surface area contributed by atoms with E-state index in [2.05, 4.69) is 69.4 Å². The lowest BCUT2D eigenvalue weighted by molar-refractivity contribution is -0.167. The Hall–Kier alpha value is -2.63. The van der Waals surface area contributed by atoms with E-state index in [0.717, 1.165) is 83.5 Å². The third kappa shape index (κ3) is 58.1. The van der Waals surface area contributed by atoms with Gasteiger partial charge in [-0.2, -0.15) is 0 Å². The topological polar surface area (TPSA) is 78.9 Å². The van der Waals surface area contributed by atoms with Gasteiger partial charge in [-0.3, -0.25) is 14.4 Å². The standard InChI is InChI=1S/C65H118O6/c1-4-7-10-13-16-19-22-24-25-26-27-28-29-30-31-32-33-34-35-36-37-38-39-41-43-46-49-52-55-58-64(67)70-61-62(60-69-63(66)57-54-51-48-45-42-21-18-15-12-9-6-3)71-65(68)59-56-53-50-47-44-40-23-20-17-14-11-8-5-2/h8,11,17,20,26-27,40,44,62H,4-7,9-10,12-16,18-19,21-25,28-39,41-43,45-61H2,1-3H3/b11-8-,20-17-,27-26-,44-40-. The van der Waals surface area contributed by atoms with E-state index in [1.165, 1.54) is 205 Å². The summed E-state index contributed by atoms with van der Waals surface area (Å²) in [5.41, 5.74) is 0. The van der Waals surface area contributed by atoms with Gasteiger partial charge >= 0.3 is 17.9 Å². The lowest BCUT2D eigenvalue weighted by Crippen LogP contribution is -2.30. The second-order valence-corrected chi connectivity index (χ2v) is 20.9. The van der Waals surface area contributed by atoms with Crippen LogP contribution in [-0.2, 0) is 28.6 Å². The predicted molar refractivity (Wildman–Crippen MR) is 307 cm³/mol. The first-order chi connectivity index (χ1) is 35.0. The molecule has 414 valence electrons. The van der Waals surface area contributed by atoms with Crippen molar-refractivity contribution in [1.82, 2.24) is 0 Å². The van der Waals surface area contributed by atoms with Gasteiger partial charge in [0.05, 0.1) is 0 Å². The van der Waals surface area contributed by atoms with Gasteiger partial charge in [0.15, 0.2) is 6.10 Å². The van der Waals surface area contributed by atoms with Crippen LogP contribution in [0.5, 0.6) is 0 Å². The molecule has 0 saturated carbocycles. The fourth-order valence-electron chi connectivity index (χ4n) is 9.16. The molecule has 0 aromatic rings. The Kier molecular flexibility index (Phi) is 57.7. The van der Waals surface area contributed by atoms with Crippen molar-refractivity contribution in [2.24, 2.45) is 0 Å². The lowest BCUT2D eigenvalue weighted by Gasteiger charge is -2.18. The highest BCUT2D eigenvalue weighted by Gasteiger charge is 2.19. The van der Waals surface area contributed by atoms with Crippen LogP contribution in [0.15, 0.2) is 48.6 Å². The van der Waals surface area contributed by atoms with Crippen LogP contribution in [0, 0.1) is 0 Å². The molecule has 0 aliphatic rings. The summed E-state index contributed by atoms with van der Waals surface area (Å²) in [6.45, 7) is 6.53. The fraction of sp³-hybridized carbons (Fsp3) is 0.831. The Labute approximate surface area is 441 Å². The fourth-order valence-corrected chi connectivity index (χ4v) is 9.16. The Morgan fingerprint density at radius 3 is 0.887 bits per heavy atom. The van der Waals surface area contributed by atoms with E-state index < -0.39 is 6.10 Å². The molecule has 0 spiro atoms. The molecular formula is C65H118O6. The zero-order valence-electron chi connectivity index (χ0n) is 47.5. The zero-order valence-corrected chi connectivity index (χ0v) is 47.5. The summed E-state index contributed by atoms with van der Waals surface area (Å²) < 4.78 is 16.8. The van der Waals surface area contributed by atoms with Gasteiger partial charge in [-0.1, -0.05) is 281 Å². The van der Waals surface area contributed by atoms with Gasteiger partial charge in [0.1, 0.15) is 13.2 Å². The summed E-state index contributed by atoms with van der Waals surface area (Å²) in [7, 11) is 0. The van der Waals surface area contributed by atoms with E-state index in [-0.39, 0.29) is 31.1 Å². The minimum absolute atomic E-state index is 0.0812. The molecule has 0 aliphatic carbocycles. The second-order valence-electron chi connectivity index (χ2n) is 20.9. The number of esters is 3. The van der Waals surface area contributed by atoms with Crippen LogP contribution in [0.4, 0.5) is 0 Å². The molecule has 0 heterocycles. The molecule has 0 amide bonds. The van der Waals surface area contributed by atoms with E-state index >= 15 is 0 Å². The molecule has 0 rings (SSSR count). The maximum Gasteiger partial charge on any atom is 0.306 e. The molecule has 0 radical (unpaired) electrons. The largest absolute Gasteiger partial charge is 0.462 e. The second kappa shape index (κ2) is 59.9. The van der Waals surface area contributed by atoms with Crippen molar-refractivity contribution >= 4 is 17.9 Å². The molecule has 0 aromatic carbocycles. The summed E-state index contributed by atoms with van der Waals surface area (Å²) in [6.07, 6.45) is 74.3. The van der Waals surface area contributed by atoms with Crippen LogP contribution in [-0.4, -0.2) is 37.2 Å². The first kappa shape index (κ1) is 68.4. The van der Waals surface area contributed by atoms with Gasteiger partial charge in [-0.15, -0.1) is 0 Å². The Morgan fingerprint density at radius 2 is 0.549 bits per heavy atom. The summed E-state index contributed by atoms with van der Waals surface area (Å²) >= 11 is 0. The van der Waals surface area contributed by atoms with E-state index in [1.807, 2.05) is 0 Å². The number of carbonyl (C=O) groups is 3. The number of hydrogen-bond donors (Lipinski definition) is 0. The molecule has 0 N–H and O–H groups in total. The summed E-state index contributed by atoms with van der Waals surface area (Å²) in [4.78, 5) is 38.1. The normalized spacial score (nSPS) is 12.3. The van der Waals surface area contributed by atoms with Crippen LogP contribution in [0.1, 0.15) is 329 Å². The van der Waals surface area contributed by atoms with Crippen molar-refractivity contribution in [3.63, 3.8) is 0 Å². The van der Waals surface area contributed by atoms with Crippen LogP contribution >= 0.6 is 0 Å². The molecule has 1 atom stereocenters. The summed E-state index contributed by atoms with van der Waals surface area (Å²) in [5, 5.41) is 0. The van der Waals surface area contributed by atoms with Crippen molar-refractivity contribution in [2.75, 3.05) is 13.2 Å². The third-order valence-electron chi connectivity index (χ3n) is 13.8. The molecule has 6 heteroatoms. The first-order valence-corrected chi connectivity index (χ1v) is 31.1. The number of hydrogen-bond acceptors (Lipinski definition) is 6. The Morgan fingerprint density at radius 1 is 0.296 bits per heavy atom. The van der Waals surface area contributed by atoms with Crippen molar-refractivity contribution in [3.8, 4) is 0 Å².